The molecule has 2 nitrogen and oxygen atoms in total. The van der Waals surface area contributed by atoms with Gasteiger partial charge in [-0.25, -0.2) is 0 Å². The van der Waals surface area contributed by atoms with Crippen LogP contribution in [0.1, 0.15) is 32.3 Å². The van der Waals surface area contributed by atoms with Crippen molar-refractivity contribution in [2.24, 2.45) is 11.7 Å². The fourth-order valence-electron chi connectivity index (χ4n) is 1.83. The summed E-state index contributed by atoms with van der Waals surface area (Å²) in [6, 6.07) is 8.18. The molecule has 2 N–H and O–H groups in total. The zero-order valence-electron chi connectivity index (χ0n) is 9.86. The predicted molar refractivity (Wildman–Crippen MR) is 64.2 cm³/mol. The van der Waals surface area contributed by atoms with E-state index in [-0.39, 0.29) is 0 Å². The topological polar surface area (TPSA) is 35.2 Å². The summed E-state index contributed by atoms with van der Waals surface area (Å²) in [5.41, 5.74) is 7.05. The third-order valence-electron chi connectivity index (χ3n) is 2.68. The molecule has 1 atom stereocenters. The van der Waals surface area contributed by atoms with Crippen molar-refractivity contribution in [2.45, 2.75) is 26.7 Å². The molecule has 0 aromatic heterocycles. The van der Waals surface area contributed by atoms with Gasteiger partial charge in [0.25, 0.3) is 0 Å². The van der Waals surface area contributed by atoms with E-state index < -0.39 is 0 Å². The molecule has 0 aliphatic rings. The molecule has 0 amide bonds. The van der Waals surface area contributed by atoms with Crippen LogP contribution in [0.15, 0.2) is 24.3 Å². The standard InChI is InChI=1S/C13H21NO/c1-4-15-13-8-6-5-7-11(13)12(9-14)10(2)3/h5-8,10,12H,4,9,14H2,1-3H3. The van der Waals surface area contributed by atoms with Crippen LogP contribution >= 0.6 is 0 Å². The molecule has 0 saturated heterocycles. The average Bonchev–Trinajstić information content (AvgIpc) is 2.21. The number of hydrogen-bond donors (Lipinski definition) is 1. The van der Waals surface area contributed by atoms with E-state index in [1.807, 2.05) is 25.1 Å². The summed E-state index contributed by atoms with van der Waals surface area (Å²) in [7, 11) is 0. The van der Waals surface area contributed by atoms with E-state index in [1.165, 1.54) is 5.56 Å². The number of para-hydroxylation sites is 1. The summed E-state index contributed by atoms with van der Waals surface area (Å²) in [6.07, 6.45) is 0. The minimum atomic E-state index is 0.382. The van der Waals surface area contributed by atoms with Gasteiger partial charge in [0.2, 0.25) is 0 Å². The molecule has 84 valence electrons. The van der Waals surface area contributed by atoms with Gasteiger partial charge in [0.1, 0.15) is 5.75 Å². The lowest BCUT2D eigenvalue weighted by Gasteiger charge is -2.22. The zero-order valence-corrected chi connectivity index (χ0v) is 9.86. The summed E-state index contributed by atoms with van der Waals surface area (Å²) in [5.74, 6) is 1.90. The second-order valence-corrected chi connectivity index (χ2v) is 4.06. The van der Waals surface area contributed by atoms with Crippen LogP contribution in [0.25, 0.3) is 0 Å². The Balaban J connectivity index is 2.99. The first-order valence-electron chi connectivity index (χ1n) is 5.62. The van der Waals surface area contributed by atoms with Crippen LogP contribution < -0.4 is 10.5 Å². The minimum Gasteiger partial charge on any atom is -0.494 e. The number of ether oxygens (including phenoxy) is 1. The molecule has 0 bridgehead atoms. The van der Waals surface area contributed by atoms with Gasteiger partial charge in [-0.3, -0.25) is 0 Å². The van der Waals surface area contributed by atoms with E-state index in [9.17, 15) is 0 Å². The van der Waals surface area contributed by atoms with E-state index in [2.05, 4.69) is 19.9 Å². The predicted octanol–water partition coefficient (Wildman–Crippen LogP) is 2.78. The maximum Gasteiger partial charge on any atom is 0.122 e. The maximum atomic E-state index is 5.82. The molecular formula is C13H21NO. The molecule has 0 fully saturated rings. The maximum absolute atomic E-state index is 5.82. The van der Waals surface area contributed by atoms with Crippen LogP contribution in [0.4, 0.5) is 0 Å². The Labute approximate surface area is 92.4 Å². The van der Waals surface area contributed by atoms with Gasteiger partial charge in [0.15, 0.2) is 0 Å². The highest BCUT2D eigenvalue weighted by molar-refractivity contribution is 5.36. The molecule has 0 heterocycles. The van der Waals surface area contributed by atoms with Gasteiger partial charge in [-0.1, -0.05) is 32.0 Å². The monoisotopic (exact) mass is 207 g/mol. The average molecular weight is 207 g/mol. The summed E-state index contributed by atoms with van der Waals surface area (Å²) in [4.78, 5) is 0. The van der Waals surface area contributed by atoms with E-state index in [0.29, 0.717) is 25.0 Å². The largest absolute Gasteiger partial charge is 0.494 e. The first-order chi connectivity index (χ1) is 7.20. The van der Waals surface area contributed by atoms with Crippen molar-refractivity contribution in [2.75, 3.05) is 13.2 Å². The zero-order chi connectivity index (χ0) is 11.3. The number of rotatable bonds is 5. The van der Waals surface area contributed by atoms with Gasteiger partial charge < -0.3 is 10.5 Å². The second kappa shape index (κ2) is 5.76. The lowest BCUT2D eigenvalue weighted by Crippen LogP contribution is -2.18. The Bertz CT molecular complexity index is 296. The third kappa shape index (κ3) is 2.96. The van der Waals surface area contributed by atoms with Gasteiger partial charge in [-0.15, -0.1) is 0 Å². The first-order valence-corrected chi connectivity index (χ1v) is 5.62. The Hall–Kier alpha value is -1.02. The van der Waals surface area contributed by atoms with Crippen LogP contribution in [0.2, 0.25) is 0 Å². The second-order valence-electron chi connectivity index (χ2n) is 4.06. The van der Waals surface area contributed by atoms with Crippen molar-refractivity contribution in [1.82, 2.24) is 0 Å². The van der Waals surface area contributed by atoms with Crippen molar-refractivity contribution in [3.63, 3.8) is 0 Å². The molecule has 1 aromatic rings. The molecule has 0 saturated carbocycles. The molecule has 15 heavy (non-hydrogen) atoms. The highest BCUT2D eigenvalue weighted by Gasteiger charge is 2.17. The normalized spacial score (nSPS) is 12.9. The van der Waals surface area contributed by atoms with Crippen LogP contribution in [0, 0.1) is 5.92 Å². The molecule has 2 heteroatoms. The van der Waals surface area contributed by atoms with Crippen LogP contribution in [0.3, 0.4) is 0 Å². The number of benzene rings is 1. The van der Waals surface area contributed by atoms with Gasteiger partial charge in [-0.2, -0.15) is 0 Å². The van der Waals surface area contributed by atoms with Gasteiger partial charge in [-0.05, 0) is 31.0 Å². The summed E-state index contributed by atoms with van der Waals surface area (Å²) < 4.78 is 5.61. The molecule has 0 aliphatic heterocycles. The van der Waals surface area contributed by atoms with Crippen LogP contribution in [-0.4, -0.2) is 13.2 Å². The van der Waals surface area contributed by atoms with Crippen molar-refractivity contribution < 1.29 is 4.74 Å². The van der Waals surface area contributed by atoms with Crippen LogP contribution in [0.5, 0.6) is 5.75 Å². The lowest BCUT2D eigenvalue weighted by molar-refractivity contribution is 0.330. The quantitative estimate of drug-likeness (QED) is 0.805. The Morgan fingerprint density at radius 1 is 1.27 bits per heavy atom. The minimum absolute atomic E-state index is 0.382. The van der Waals surface area contributed by atoms with E-state index in [4.69, 9.17) is 10.5 Å². The summed E-state index contributed by atoms with van der Waals surface area (Å²) in [5, 5.41) is 0. The molecule has 1 aromatic carbocycles. The highest BCUT2D eigenvalue weighted by Crippen LogP contribution is 2.30. The van der Waals surface area contributed by atoms with E-state index in [0.717, 1.165) is 5.75 Å². The van der Waals surface area contributed by atoms with Crippen molar-refractivity contribution in [3.05, 3.63) is 29.8 Å². The number of nitrogens with two attached hydrogens (primary N) is 1. The van der Waals surface area contributed by atoms with Crippen molar-refractivity contribution >= 4 is 0 Å². The summed E-state index contributed by atoms with van der Waals surface area (Å²) in [6.45, 7) is 7.76. The fourth-order valence-corrected chi connectivity index (χ4v) is 1.83. The molecule has 1 rings (SSSR count). The molecule has 0 spiro atoms. The van der Waals surface area contributed by atoms with E-state index >= 15 is 0 Å². The molecule has 1 unspecified atom stereocenters. The Morgan fingerprint density at radius 2 is 1.93 bits per heavy atom. The van der Waals surface area contributed by atoms with Gasteiger partial charge >= 0.3 is 0 Å². The Kier molecular flexibility index (Phi) is 4.63. The van der Waals surface area contributed by atoms with Gasteiger partial charge in [0.05, 0.1) is 6.61 Å². The molecule has 0 radical (unpaired) electrons. The SMILES string of the molecule is CCOc1ccccc1C(CN)C(C)C. The third-order valence-corrected chi connectivity index (χ3v) is 2.68. The smallest absolute Gasteiger partial charge is 0.122 e. The number of hydrogen-bond acceptors (Lipinski definition) is 2. The van der Waals surface area contributed by atoms with Crippen molar-refractivity contribution in [1.29, 1.82) is 0 Å². The summed E-state index contributed by atoms with van der Waals surface area (Å²) >= 11 is 0. The van der Waals surface area contributed by atoms with E-state index in [1.54, 1.807) is 0 Å². The molecule has 0 aliphatic carbocycles. The molecular weight excluding hydrogens is 186 g/mol. The van der Waals surface area contributed by atoms with Crippen molar-refractivity contribution in [3.8, 4) is 5.75 Å². The lowest BCUT2D eigenvalue weighted by atomic mass is 9.88. The van der Waals surface area contributed by atoms with Gasteiger partial charge in [0, 0.05) is 5.92 Å². The van der Waals surface area contributed by atoms with Crippen LogP contribution in [-0.2, 0) is 0 Å². The fraction of sp³-hybridized carbons (Fsp3) is 0.538. The highest BCUT2D eigenvalue weighted by atomic mass is 16.5. The Morgan fingerprint density at radius 3 is 2.47 bits per heavy atom. The first kappa shape index (κ1) is 12.1.